The summed E-state index contributed by atoms with van der Waals surface area (Å²) in [5, 5.41) is 3.64. The molecular formula is C21H24N2O5S. The molecule has 2 aromatic carbocycles. The second-order valence-corrected chi connectivity index (χ2v) is 8.13. The van der Waals surface area contributed by atoms with Crippen LogP contribution in [0.15, 0.2) is 53.9 Å². The largest absolute Gasteiger partial charge is 0.456 e. The van der Waals surface area contributed by atoms with E-state index in [2.05, 4.69) is 10.0 Å². The molecule has 2 N–H and O–H groups in total. The highest BCUT2D eigenvalue weighted by atomic mass is 32.2. The molecule has 0 radical (unpaired) electrons. The fourth-order valence-electron chi connectivity index (χ4n) is 2.24. The molecular weight excluding hydrogens is 392 g/mol. The van der Waals surface area contributed by atoms with E-state index < -0.39 is 28.5 Å². The minimum Gasteiger partial charge on any atom is -0.456 e. The number of hydrogen-bond donors (Lipinski definition) is 2. The highest BCUT2D eigenvalue weighted by molar-refractivity contribution is 7.92. The lowest BCUT2D eigenvalue weighted by Gasteiger charge is -2.07. The number of nitrogens with one attached hydrogen (secondary N) is 2. The van der Waals surface area contributed by atoms with Gasteiger partial charge in [0.25, 0.3) is 5.91 Å². The first-order valence-electron chi connectivity index (χ1n) is 9.00. The van der Waals surface area contributed by atoms with Crippen LogP contribution in [0.5, 0.6) is 0 Å². The fraction of sp³-hybridized carbons (Fsp3) is 0.238. The lowest BCUT2D eigenvalue weighted by molar-refractivity contribution is -0.147. The van der Waals surface area contributed by atoms with Crippen molar-refractivity contribution in [2.75, 3.05) is 18.5 Å². The van der Waals surface area contributed by atoms with Crippen molar-refractivity contribution in [1.29, 1.82) is 0 Å². The van der Waals surface area contributed by atoms with Gasteiger partial charge in [0.1, 0.15) is 0 Å². The smallest absolute Gasteiger partial charge is 0.307 e. The van der Waals surface area contributed by atoms with E-state index in [0.29, 0.717) is 5.69 Å². The fourth-order valence-corrected chi connectivity index (χ4v) is 3.06. The van der Waals surface area contributed by atoms with Crippen LogP contribution in [-0.4, -0.2) is 33.4 Å². The second-order valence-electron chi connectivity index (χ2n) is 6.48. The zero-order chi connectivity index (χ0) is 21.3. The maximum atomic E-state index is 11.9. The van der Waals surface area contributed by atoms with Gasteiger partial charge in [0.2, 0.25) is 10.0 Å². The summed E-state index contributed by atoms with van der Waals surface area (Å²) in [5.41, 5.74) is 3.49. The van der Waals surface area contributed by atoms with E-state index in [0.717, 1.165) is 22.1 Å². The van der Waals surface area contributed by atoms with Crippen LogP contribution in [0.1, 0.15) is 23.1 Å². The van der Waals surface area contributed by atoms with E-state index in [9.17, 15) is 18.0 Å². The number of hydrogen-bond acceptors (Lipinski definition) is 5. The Morgan fingerprint density at radius 1 is 0.966 bits per heavy atom. The van der Waals surface area contributed by atoms with Gasteiger partial charge in [0.05, 0.1) is 6.42 Å². The molecule has 2 rings (SSSR count). The number of esters is 1. The molecule has 0 aliphatic rings. The van der Waals surface area contributed by atoms with E-state index in [1.54, 1.807) is 24.3 Å². The van der Waals surface area contributed by atoms with Crippen molar-refractivity contribution < 1.29 is 22.7 Å². The lowest BCUT2D eigenvalue weighted by atomic mass is 10.2. The number of aryl methyl sites for hydroxylation is 2. The van der Waals surface area contributed by atoms with Crippen molar-refractivity contribution in [3.8, 4) is 0 Å². The van der Waals surface area contributed by atoms with Crippen LogP contribution in [-0.2, 0) is 24.3 Å². The van der Waals surface area contributed by atoms with Gasteiger partial charge in [-0.2, -0.15) is 0 Å². The van der Waals surface area contributed by atoms with Crippen LogP contribution in [0.2, 0.25) is 0 Å². The molecule has 0 fully saturated rings. The highest BCUT2D eigenvalue weighted by Gasteiger charge is 2.10. The first-order valence-corrected chi connectivity index (χ1v) is 10.5. The number of ether oxygens (including phenoxy) is 1. The van der Waals surface area contributed by atoms with Gasteiger partial charge in [-0.3, -0.25) is 9.59 Å². The van der Waals surface area contributed by atoms with Crippen molar-refractivity contribution in [2.45, 2.75) is 20.3 Å². The predicted octanol–water partition coefficient (Wildman–Crippen LogP) is 2.77. The topological polar surface area (TPSA) is 102 Å². The molecule has 0 aliphatic heterocycles. The quantitative estimate of drug-likeness (QED) is 0.612. The molecule has 0 unspecified atom stereocenters. The van der Waals surface area contributed by atoms with Crippen LogP contribution in [0.4, 0.5) is 5.69 Å². The first-order chi connectivity index (χ1) is 13.7. The Balaban J connectivity index is 1.69. The van der Waals surface area contributed by atoms with Crippen molar-refractivity contribution in [1.82, 2.24) is 4.72 Å². The van der Waals surface area contributed by atoms with E-state index in [4.69, 9.17) is 4.74 Å². The molecule has 0 bridgehead atoms. The standard InChI is InChI=1S/C21H24N2O5S/c1-16-3-7-18(8-4-16)12-14-29(26,27)22-13-11-21(25)28-15-20(24)23-19-9-5-17(2)6-10-19/h3-10,12,14,22H,11,13,15H2,1-2H3,(H,23,24)/b14-12+. The van der Waals surface area contributed by atoms with E-state index in [-0.39, 0.29) is 13.0 Å². The van der Waals surface area contributed by atoms with Crippen molar-refractivity contribution in [2.24, 2.45) is 0 Å². The van der Waals surface area contributed by atoms with Crippen LogP contribution in [0.3, 0.4) is 0 Å². The number of carbonyl (C=O) groups is 2. The Morgan fingerprint density at radius 3 is 2.17 bits per heavy atom. The van der Waals surface area contributed by atoms with Crippen molar-refractivity contribution in [3.63, 3.8) is 0 Å². The van der Waals surface area contributed by atoms with E-state index >= 15 is 0 Å². The second kappa shape index (κ2) is 10.5. The third-order valence-electron chi connectivity index (χ3n) is 3.85. The maximum Gasteiger partial charge on any atom is 0.307 e. The number of benzene rings is 2. The van der Waals surface area contributed by atoms with Gasteiger partial charge in [-0.05, 0) is 37.6 Å². The van der Waals surface area contributed by atoms with E-state index in [1.165, 1.54) is 6.08 Å². The van der Waals surface area contributed by atoms with Gasteiger partial charge in [0, 0.05) is 17.6 Å². The minimum absolute atomic E-state index is 0.126. The molecule has 0 aliphatic carbocycles. The Labute approximate surface area is 170 Å². The number of carbonyl (C=O) groups excluding carboxylic acids is 2. The molecule has 0 heterocycles. The monoisotopic (exact) mass is 416 g/mol. The number of rotatable bonds is 9. The molecule has 0 atom stereocenters. The SMILES string of the molecule is Cc1ccc(/C=C/S(=O)(=O)NCCC(=O)OCC(=O)Nc2ccc(C)cc2)cc1. The van der Waals surface area contributed by atoms with Gasteiger partial charge in [-0.25, -0.2) is 13.1 Å². The summed E-state index contributed by atoms with van der Waals surface area (Å²) in [5.74, 6) is -1.14. The van der Waals surface area contributed by atoms with Crippen LogP contribution >= 0.6 is 0 Å². The van der Waals surface area contributed by atoms with Crippen LogP contribution < -0.4 is 10.0 Å². The Kier molecular flexibility index (Phi) is 8.11. The van der Waals surface area contributed by atoms with Gasteiger partial charge in [-0.1, -0.05) is 47.5 Å². The summed E-state index contributed by atoms with van der Waals surface area (Å²) in [6.07, 6.45) is 1.28. The van der Waals surface area contributed by atoms with Crippen LogP contribution in [0, 0.1) is 13.8 Å². The predicted molar refractivity (Wildman–Crippen MR) is 113 cm³/mol. The summed E-state index contributed by atoms with van der Waals surface area (Å²) < 4.78 is 31.0. The van der Waals surface area contributed by atoms with Crippen molar-refractivity contribution in [3.05, 3.63) is 70.6 Å². The first kappa shape index (κ1) is 22.3. The Morgan fingerprint density at radius 2 is 1.55 bits per heavy atom. The molecule has 1 amide bonds. The summed E-state index contributed by atoms with van der Waals surface area (Å²) in [7, 11) is -3.68. The zero-order valence-corrected chi connectivity index (χ0v) is 17.2. The highest BCUT2D eigenvalue weighted by Crippen LogP contribution is 2.08. The van der Waals surface area contributed by atoms with Gasteiger partial charge >= 0.3 is 5.97 Å². The summed E-state index contributed by atoms with van der Waals surface area (Å²) in [6.45, 7) is 3.31. The number of sulfonamides is 1. The molecule has 0 aromatic heterocycles. The summed E-state index contributed by atoms with van der Waals surface area (Å²) >= 11 is 0. The van der Waals surface area contributed by atoms with Crippen molar-refractivity contribution >= 4 is 33.7 Å². The maximum absolute atomic E-state index is 11.9. The Bertz CT molecular complexity index is 965. The average molecular weight is 416 g/mol. The molecule has 154 valence electrons. The zero-order valence-electron chi connectivity index (χ0n) is 16.3. The molecule has 8 heteroatoms. The number of anilines is 1. The normalized spacial score (nSPS) is 11.4. The number of amides is 1. The molecule has 2 aromatic rings. The minimum atomic E-state index is -3.68. The summed E-state index contributed by atoms with van der Waals surface area (Å²) in [4.78, 5) is 23.5. The van der Waals surface area contributed by atoms with Crippen LogP contribution in [0.25, 0.3) is 6.08 Å². The van der Waals surface area contributed by atoms with Gasteiger partial charge in [-0.15, -0.1) is 0 Å². The Hall–Kier alpha value is -2.97. The molecule has 0 spiro atoms. The molecule has 0 saturated carbocycles. The molecule has 29 heavy (non-hydrogen) atoms. The molecule has 7 nitrogen and oxygen atoms in total. The van der Waals surface area contributed by atoms with E-state index in [1.807, 2.05) is 38.1 Å². The lowest BCUT2D eigenvalue weighted by Crippen LogP contribution is -2.26. The van der Waals surface area contributed by atoms with Gasteiger partial charge < -0.3 is 10.1 Å². The third-order valence-corrected chi connectivity index (χ3v) is 4.95. The average Bonchev–Trinajstić information content (AvgIpc) is 2.68. The third kappa shape index (κ3) is 8.71. The van der Waals surface area contributed by atoms with Gasteiger partial charge in [0.15, 0.2) is 6.61 Å². The summed E-state index contributed by atoms with van der Waals surface area (Å²) in [6, 6.07) is 14.6. The molecule has 0 saturated heterocycles.